The Morgan fingerprint density at radius 2 is 2.16 bits per heavy atom. The van der Waals surface area contributed by atoms with Crippen molar-refractivity contribution in [3.63, 3.8) is 0 Å². The highest BCUT2D eigenvalue weighted by Gasteiger charge is 2.28. The first-order valence-corrected chi connectivity index (χ1v) is 11.4. The molecule has 2 fully saturated rings. The number of hydrogen-bond donors (Lipinski definition) is 2. The van der Waals surface area contributed by atoms with Crippen molar-refractivity contribution in [1.82, 2.24) is 19.8 Å². The summed E-state index contributed by atoms with van der Waals surface area (Å²) in [5, 5.41) is 4.95. The molecule has 1 amide bonds. The summed E-state index contributed by atoms with van der Waals surface area (Å²) in [7, 11) is 4.01. The lowest BCUT2D eigenvalue weighted by atomic mass is 9.91. The van der Waals surface area contributed by atoms with Crippen LogP contribution in [0.15, 0.2) is 30.6 Å². The minimum atomic E-state index is 0.101. The quantitative estimate of drug-likeness (QED) is 0.695. The molecule has 0 unspecified atom stereocenters. The fourth-order valence-electron chi connectivity index (χ4n) is 4.86. The molecule has 2 N–H and O–H groups in total. The van der Waals surface area contributed by atoms with E-state index in [1.165, 1.54) is 10.9 Å². The van der Waals surface area contributed by atoms with Crippen molar-refractivity contribution in [2.24, 2.45) is 5.92 Å². The Kier molecular flexibility index (Phi) is 6.92. The predicted octanol–water partition coefficient (Wildman–Crippen LogP) is 3.22. The third kappa shape index (κ3) is 5.28. The van der Waals surface area contributed by atoms with Gasteiger partial charge < -0.3 is 24.8 Å². The van der Waals surface area contributed by atoms with Gasteiger partial charge in [-0.3, -0.25) is 4.79 Å². The van der Waals surface area contributed by atoms with E-state index in [0.29, 0.717) is 11.8 Å². The normalized spacial score (nSPS) is 23.2. The molecular weight excluding hydrogens is 390 g/mol. The molecule has 2 aliphatic heterocycles. The number of ether oxygens (including phenoxy) is 1. The molecule has 7 nitrogen and oxygen atoms in total. The molecule has 4 rings (SSSR count). The summed E-state index contributed by atoms with van der Waals surface area (Å²) in [6.07, 6.45) is 10.8. The zero-order chi connectivity index (χ0) is 21.8. The molecule has 2 aromatic rings. The third-order valence-electron chi connectivity index (χ3n) is 6.33. The number of likely N-dealkylation sites (N-methyl/N-ethyl adjacent to an activating group) is 1. The minimum Gasteiger partial charge on any atom is -0.381 e. The molecule has 4 heterocycles. The van der Waals surface area contributed by atoms with Crippen molar-refractivity contribution in [3.05, 3.63) is 36.2 Å². The van der Waals surface area contributed by atoms with Crippen LogP contribution in [-0.2, 0) is 9.53 Å². The number of amides is 1. The van der Waals surface area contributed by atoms with Crippen molar-refractivity contribution < 1.29 is 9.53 Å². The number of aromatic amines is 1. The van der Waals surface area contributed by atoms with Gasteiger partial charge in [-0.15, -0.1) is 0 Å². The van der Waals surface area contributed by atoms with Crippen LogP contribution in [0.3, 0.4) is 0 Å². The Balaban J connectivity index is 1.51. The number of nitrogens with zero attached hydrogens (tertiary/aromatic N) is 3. The second-order valence-electron chi connectivity index (χ2n) is 9.30. The number of hydrogen-bond acceptors (Lipinski definition) is 5. The molecule has 0 aromatic carbocycles. The molecule has 7 heteroatoms. The maximum Gasteiger partial charge on any atom is 0.246 e. The number of H-pyrrole nitrogens is 1. The molecule has 0 bridgehead atoms. The Morgan fingerprint density at radius 1 is 1.35 bits per heavy atom. The zero-order valence-electron chi connectivity index (χ0n) is 18.9. The molecule has 0 radical (unpaired) electrons. The number of piperidine rings is 1. The van der Waals surface area contributed by atoms with Crippen LogP contribution in [0.5, 0.6) is 0 Å². The number of pyridine rings is 1. The van der Waals surface area contributed by atoms with E-state index in [9.17, 15) is 4.79 Å². The van der Waals surface area contributed by atoms with Gasteiger partial charge in [-0.1, -0.05) is 13.0 Å². The zero-order valence-corrected chi connectivity index (χ0v) is 18.9. The van der Waals surface area contributed by atoms with E-state index < -0.39 is 0 Å². The topological polar surface area (TPSA) is 73.5 Å². The molecule has 0 aliphatic carbocycles. The summed E-state index contributed by atoms with van der Waals surface area (Å²) in [5.41, 5.74) is 3.37. The van der Waals surface area contributed by atoms with E-state index in [2.05, 4.69) is 39.4 Å². The lowest BCUT2D eigenvalue weighted by Crippen LogP contribution is -2.47. The van der Waals surface area contributed by atoms with Crippen LogP contribution in [0, 0.1) is 5.92 Å². The Labute approximate surface area is 184 Å². The first kappa shape index (κ1) is 21.8. The smallest absolute Gasteiger partial charge is 0.246 e. The average molecular weight is 426 g/mol. The van der Waals surface area contributed by atoms with Gasteiger partial charge in [-0.2, -0.15) is 0 Å². The third-order valence-corrected chi connectivity index (χ3v) is 6.33. The summed E-state index contributed by atoms with van der Waals surface area (Å²) < 4.78 is 5.56. The van der Waals surface area contributed by atoms with Crippen LogP contribution in [0.2, 0.25) is 0 Å². The summed E-state index contributed by atoms with van der Waals surface area (Å²) in [5.74, 6) is 1.05. The van der Waals surface area contributed by atoms with E-state index in [0.717, 1.165) is 63.4 Å². The molecule has 168 valence electrons. The molecule has 2 aromatic heterocycles. The molecule has 0 spiro atoms. The fourth-order valence-corrected chi connectivity index (χ4v) is 4.86. The molecule has 0 saturated carbocycles. The van der Waals surface area contributed by atoms with Gasteiger partial charge in [-0.05, 0) is 56.8 Å². The largest absolute Gasteiger partial charge is 0.381 e. The van der Waals surface area contributed by atoms with Gasteiger partial charge in [0.1, 0.15) is 5.65 Å². The number of nitrogens with one attached hydrogen (secondary N) is 2. The van der Waals surface area contributed by atoms with E-state index >= 15 is 0 Å². The maximum atomic E-state index is 12.7. The summed E-state index contributed by atoms with van der Waals surface area (Å²) in [6.45, 7) is 6.17. The van der Waals surface area contributed by atoms with Crippen molar-refractivity contribution >= 4 is 22.6 Å². The molecule has 2 atom stereocenters. The van der Waals surface area contributed by atoms with Crippen molar-refractivity contribution in [2.45, 2.75) is 38.1 Å². The standard InChI is InChI=1S/C24H35N5O2/c1-17-13-19(16-29(15-17)22(30)5-4-10-28(2)3)27-21-6-9-25-24-23(21)20(14-26-24)18-7-11-31-12-8-18/h4-6,9,14,17-19H,7-8,10-13,15-16H2,1-3H3,(H2,25,26,27)/b5-4+/t17-,19+/m0/s1. The second-order valence-corrected chi connectivity index (χ2v) is 9.30. The molecule has 31 heavy (non-hydrogen) atoms. The SMILES string of the molecule is C[C@H]1C[C@@H](Nc2ccnc3[nH]cc(C4CCOCC4)c23)CN(C(=O)/C=C/CN(C)C)C1. The van der Waals surface area contributed by atoms with E-state index in [1.54, 1.807) is 6.08 Å². The number of carbonyl (C=O) groups is 1. The summed E-state index contributed by atoms with van der Waals surface area (Å²) >= 11 is 0. The Hall–Kier alpha value is -2.38. The number of anilines is 1. The molecular formula is C24H35N5O2. The van der Waals surface area contributed by atoms with Gasteiger partial charge in [0, 0.05) is 68.4 Å². The molecule has 2 saturated heterocycles. The van der Waals surface area contributed by atoms with Gasteiger partial charge in [0.05, 0.1) is 0 Å². The number of likely N-dealkylation sites (tertiary alicyclic amines) is 1. The number of rotatable bonds is 6. The van der Waals surface area contributed by atoms with Crippen LogP contribution in [0.25, 0.3) is 11.0 Å². The van der Waals surface area contributed by atoms with Crippen molar-refractivity contribution in [1.29, 1.82) is 0 Å². The van der Waals surface area contributed by atoms with Gasteiger partial charge in [0.25, 0.3) is 0 Å². The highest BCUT2D eigenvalue weighted by molar-refractivity contribution is 5.93. The lowest BCUT2D eigenvalue weighted by molar-refractivity contribution is -0.127. The van der Waals surface area contributed by atoms with E-state index in [1.807, 2.05) is 31.3 Å². The lowest BCUT2D eigenvalue weighted by Gasteiger charge is -2.37. The van der Waals surface area contributed by atoms with Crippen LogP contribution >= 0.6 is 0 Å². The van der Waals surface area contributed by atoms with Crippen LogP contribution in [-0.4, -0.2) is 78.7 Å². The van der Waals surface area contributed by atoms with Crippen LogP contribution in [0.1, 0.15) is 37.7 Å². The van der Waals surface area contributed by atoms with Crippen molar-refractivity contribution in [2.75, 3.05) is 52.3 Å². The number of aromatic nitrogens is 2. The van der Waals surface area contributed by atoms with Gasteiger partial charge in [-0.25, -0.2) is 4.98 Å². The summed E-state index contributed by atoms with van der Waals surface area (Å²) in [4.78, 5) is 24.7. The first-order valence-electron chi connectivity index (χ1n) is 11.4. The summed E-state index contributed by atoms with van der Waals surface area (Å²) in [6, 6.07) is 2.29. The maximum absolute atomic E-state index is 12.7. The van der Waals surface area contributed by atoms with Gasteiger partial charge in [0.15, 0.2) is 0 Å². The highest BCUT2D eigenvalue weighted by Crippen LogP contribution is 2.36. The van der Waals surface area contributed by atoms with Crippen LogP contribution < -0.4 is 5.32 Å². The first-order chi connectivity index (χ1) is 15.0. The van der Waals surface area contributed by atoms with E-state index in [4.69, 9.17) is 4.74 Å². The van der Waals surface area contributed by atoms with Gasteiger partial charge >= 0.3 is 0 Å². The molecule has 2 aliphatic rings. The monoisotopic (exact) mass is 425 g/mol. The number of fused-ring (bicyclic) bond motifs is 1. The second kappa shape index (κ2) is 9.83. The van der Waals surface area contributed by atoms with Gasteiger partial charge in [0.2, 0.25) is 5.91 Å². The van der Waals surface area contributed by atoms with Crippen LogP contribution in [0.4, 0.5) is 5.69 Å². The van der Waals surface area contributed by atoms with Crippen molar-refractivity contribution in [3.8, 4) is 0 Å². The van der Waals surface area contributed by atoms with E-state index in [-0.39, 0.29) is 11.9 Å². The Morgan fingerprint density at radius 3 is 2.94 bits per heavy atom. The number of carbonyl (C=O) groups excluding carboxylic acids is 1. The Bertz CT molecular complexity index is 916. The average Bonchev–Trinajstić information content (AvgIpc) is 3.19. The highest BCUT2D eigenvalue weighted by atomic mass is 16.5. The fraction of sp³-hybridized carbons (Fsp3) is 0.583. The minimum absolute atomic E-state index is 0.101. The predicted molar refractivity (Wildman–Crippen MR) is 124 cm³/mol.